The van der Waals surface area contributed by atoms with Gasteiger partial charge in [-0.3, -0.25) is 0 Å². The number of aromatic nitrogens is 1. The van der Waals surface area contributed by atoms with E-state index in [0.29, 0.717) is 0 Å². The number of nitrogens with one attached hydrogen (secondary N) is 1. The van der Waals surface area contributed by atoms with Crippen LogP contribution in [0.5, 0.6) is 0 Å². The number of pyridine rings is 1. The van der Waals surface area contributed by atoms with Gasteiger partial charge in [-0.05, 0) is 53.5 Å². The Labute approximate surface area is 121 Å². The van der Waals surface area contributed by atoms with Crippen LogP contribution in [-0.2, 0) is 0 Å². The van der Waals surface area contributed by atoms with Gasteiger partial charge in [0.2, 0.25) is 0 Å². The summed E-state index contributed by atoms with van der Waals surface area (Å²) in [6.07, 6.45) is 0. The van der Waals surface area contributed by atoms with Crippen molar-refractivity contribution < 1.29 is 0 Å². The average Bonchev–Trinajstić information content (AvgIpc) is 2.34. The smallest absolute Gasteiger partial charge is 0.126 e. The molecule has 1 unspecified atom stereocenters. The van der Waals surface area contributed by atoms with Gasteiger partial charge in [0.15, 0.2) is 0 Å². The minimum atomic E-state index is 0.117. The van der Waals surface area contributed by atoms with Gasteiger partial charge in [0.1, 0.15) is 5.82 Å². The van der Waals surface area contributed by atoms with Gasteiger partial charge in [-0.1, -0.05) is 29.8 Å². The highest BCUT2D eigenvalue weighted by atomic mass is 79.9. The maximum atomic E-state index is 6.17. The summed E-state index contributed by atoms with van der Waals surface area (Å²) < 4.78 is 1.01. The van der Waals surface area contributed by atoms with Crippen LogP contribution in [0.25, 0.3) is 0 Å². The first kappa shape index (κ1) is 13.4. The number of anilines is 1. The molecule has 0 spiro atoms. The minimum absolute atomic E-state index is 0.117. The number of hydrogen-bond donors (Lipinski definition) is 1. The lowest BCUT2D eigenvalue weighted by atomic mass is 10.1. The number of nitrogens with zero attached hydrogens (tertiary/aromatic N) is 1. The predicted molar refractivity (Wildman–Crippen MR) is 80.2 cm³/mol. The molecule has 2 rings (SSSR count). The first-order valence-corrected chi connectivity index (χ1v) is 6.89. The molecule has 1 aromatic heterocycles. The standard InChI is InChI=1S/C14H14BrClN2/c1-9(11-5-3-4-6-13(11)16)17-14-8-7-12(15)10(2)18-14/h3-9H,1-2H3,(H,17,18). The molecule has 2 nitrogen and oxygen atoms in total. The first-order valence-electron chi connectivity index (χ1n) is 5.72. The molecule has 0 aliphatic heterocycles. The van der Waals surface area contributed by atoms with Gasteiger partial charge in [-0.15, -0.1) is 0 Å². The van der Waals surface area contributed by atoms with Gasteiger partial charge >= 0.3 is 0 Å². The largest absolute Gasteiger partial charge is 0.363 e. The third-order valence-corrected chi connectivity index (χ3v) is 3.94. The summed E-state index contributed by atoms with van der Waals surface area (Å²) >= 11 is 9.61. The van der Waals surface area contributed by atoms with E-state index >= 15 is 0 Å². The summed E-state index contributed by atoms with van der Waals surface area (Å²) in [6.45, 7) is 4.04. The van der Waals surface area contributed by atoms with Gasteiger partial charge < -0.3 is 5.32 Å². The molecular weight excluding hydrogens is 312 g/mol. The normalized spacial score (nSPS) is 12.2. The predicted octanol–water partition coefficient (Wildman–Crippen LogP) is 4.98. The van der Waals surface area contributed by atoms with Crippen LogP contribution in [0.4, 0.5) is 5.82 Å². The molecule has 94 valence electrons. The van der Waals surface area contributed by atoms with Crippen molar-refractivity contribution in [1.29, 1.82) is 0 Å². The summed E-state index contributed by atoms with van der Waals surface area (Å²) in [7, 11) is 0. The van der Waals surface area contributed by atoms with E-state index in [1.165, 1.54) is 0 Å². The lowest BCUT2D eigenvalue weighted by Gasteiger charge is -2.16. The fraction of sp³-hybridized carbons (Fsp3) is 0.214. The second-order valence-electron chi connectivity index (χ2n) is 4.15. The zero-order valence-corrected chi connectivity index (χ0v) is 12.6. The number of rotatable bonds is 3. The number of aryl methyl sites for hydroxylation is 1. The van der Waals surface area contributed by atoms with E-state index in [2.05, 4.69) is 33.2 Å². The molecule has 1 heterocycles. The van der Waals surface area contributed by atoms with Crippen molar-refractivity contribution in [3.63, 3.8) is 0 Å². The van der Waals surface area contributed by atoms with Gasteiger partial charge in [0.25, 0.3) is 0 Å². The number of hydrogen-bond acceptors (Lipinski definition) is 2. The molecule has 0 aliphatic carbocycles. The highest BCUT2D eigenvalue weighted by molar-refractivity contribution is 9.10. The zero-order valence-electron chi connectivity index (χ0n) is 10.2. The van der Waals surface area contributed by atoms with Crippen molar-refractivity contribution in [2.75, 3.05) is 5.32 Å². The van der Waals surface area contributed by atoms with Crippen LogP contribution in [0.2, 0.25) is 5.02 Å². The maximum Gasteiger partial charge on any atom is 0.126 e. The zero-order chi connectivity index (χ0) is 13.1. The summed E-state index contributed by atoms with van der Waals surface area (Å²) in [6, 6.07) is 11.9. The Morgan fingerprint density at radius 1 is 1.22 bits per heavy atom. The third-order valence-electron chi connectivity index (χ3n) is 2.76. The van der Waals surface area contributed by atoms with E-state index in [4.69, 9.17) is 11.6 Å². The van der Waals surface area contributed by atoms with Crippen LogP contribution in [0.1, 0.15) is 24.2 Å². The van der Waals surface area contributed by atoms with E-state index in [1.807, 2.05) is 43.3 Å². The summed E-state index contributed by atoms with van der Waals surface area (Å²) in [4.78, 5) is 4.47. The van der Waals surface area contributed by atoms with Crippen LogP contribution in [0, 0.1) is 6.92 Å². The van der Waals surface area contributed by atoms with Crippen molar-refractivity contribution in [2.24, 2.45) is 0 Å². The van der Waals surface area contributed by atoms with Crippen molar-refractivity contribution >= 4 is 33.3 Å². The van der Waals surface area contributed by atoms with E-state index < -0.39 is 0 Å². The van der Waals surface area contributed by atoms with E-state index in [1.54, 1.807) is 0 Å². The molecule has 0 saturated heterocycles. The molecule has 1 aromatic carbocycles. The molecular formula is C14H14BrClN2. The van der Waals surface area contributed by atoms with Crippen LogP contribution in [-0.4, -0.2) is 4.98 Å². The Balaban J connectivity index is 2.19. The van der Waals surface area contributed by atoms with Crippen molar-refractivity contribution in [1.82, 2.24) is 4.98 Å². The van der Waals surface area contributed by atoms with Crippen LogP contribution in [0.3, 0.4) is 0 Å². The Kier molecular flexibility index (Phi) is 4.25. The average molecular weight is 326 g/mol. The molecule has 0 aliphatic rings. The minimum Gasteiger partial charge on any atom is -0.363 e. The highest BCUT2D eigenvalue weighted by Gasteiger charge is 2.09. The molecule has 0 fully saturated rings. The second kappa shape index (κ2) is 5.72. The fourth-order valence-corrected chi connectivity index (χ4v) is 2.27. The fourth-order valence-electron chi connectivity index (χ4n) is 1.75. The summed E-state index contributed by atoms with van der Waals surface area (Å²) in [5, 5.41) is 4.12. The van der Waals surface area contributed by atoms with Crippen LogP contribution >= 0.6 is 27.5 Å². The Hall–Kier alpha value is -1.06. The molecule has 0 saturated carbocycles. The summed E-state index contributed by atoms with van der Waals surface area (Å²) in [5.74, 6) is 0.850. The molecule has 0 amide bonds. The highest BCUT2D eigenvalue weighted by Crippen LogP contribution is 2.25. The summed E-state index contributed by atoms with van der Waals surface area (Å²) in [5.41, 5.74) is 2.04. The first-order chi connectivity index (χ1) is 8.58. The molecule has 4 heteroatoms. The van der Waals surface area contributed by atoms with Crippen molar-refractivity contribution in [3.8, 4) is 0 Å². The van der Waals surface area contributed by atoms with E-state index in [-0.39, 0.29) is 6.04 Å². The molecule has 0 bridgehead atoms. The van der Waals surface area contributed by atoms with Crippen molar-refractivity contribution in [2.45, 2.75) is 19.9 Å². The van der Waals surface area contributed by atoms with Gasteiger partial charge in [0, 0.05) is 9.50 Å². The van der Waals surface area contributed by atoms with Gasteiger partial charge in [0.05, 0.1) is 11.7 Å². The molecule has 2 aromatic rings. The van der Waals surface area contributed by atoms with Crippen LogP contribution in [0.15, 0.2) is 40.9 Å². The quantitative estimate of drug-likeness (QED) is 0.861. The number of halogens is 2. The topological polar surface area (TPSA) is 24.9 Å². The van der Waals surface area contributed by atoms with Gasteiger partial charge in [-0.25, -0.2) is 4.98 Å². The third kappa shape index (κ3) is 3.03. The van der Waals surface area contributed by atoms with E-state index in [0.717, 1.165) is 26.6 Å². The molecule has 1 N–H and O–H groups in total. The van der Waals surface area contributed by atoms with Gasteiger partial charge in [-0.2, -0.15) is 0 Å². The maximum absolute atomic E-state index is 6.17. The van der Waals surface area contributed by atoms with E-state index in [9.17, 15) is 0 Å². The lowest BCUT2D eigenvalue weighted by Crippen LogP contribution is -2.08. The Morgan fingerprint density at radius 3 is 2.61 bits per heavy atom. The SMILES string of the molecule is Cc1nc(NC(C)c2ccccc2Cl)ccc1Br. The molecule has 18 heavy (non-hydrogen) atoms. The lowest BCUT2D eigenvalue weighted by molar-refractivity contribution is 0.872. The van der Waals surface area contributed by atoms with Crippen molar-refractivity contribution in [3.05, 3.63) is 57.2 Å². The second-order valence-corrected chi connectivity index (χ2v) is 5.41. The molecule has 1 atom stereocenters. The Morgan fingerprint density at radius 2 is 1.94 bits per heavy atom. The molecule has 0 radical (unpaired) electrons. The monoisotopic (exact) mass is 324 g/mol. The van der Waals surface area contributed by atoms with Crippen LogP contribution < -0.4 is 5.32 Å². The Bertz CT molecular complexity index is 557. The number of benzene rings is 1.